The van der Waals surface area contributed by atoms with Gasteiger partial charge in [0.15, 0.2) is 9.84 Å². The fourth-order valence-corrected chi connectivity index (χ4v) is 10.0. The summed E-state index contributed by atoms with van der Waals surface area (Å²) in [7, 11) is -3.59. The second-order valence-corrected chi connectivity index (χ2v) is 15.1. The average molecular weight is 601 g/mol. The number of aliphatic carboxylic acids is 2. The molecule has 0 heterocycles. The molecule has 0 spiro atoms. The summed E-state index contributed by atoms with van der Waals surface area (Å²) in [4.78, 5) is 49.4. The number of rotatable bonds is 8. The van der Waals surface area contributed by atoms with Crippen molar-refractivity contribution in [1.82, 2.24) is 10.6 Å². The fraction of sp³-hybridized carbons (Fsp3) is 0.857. The number of carbonyl (C=O) groups excluding carboxylic acids is 2. The number of carbonyl (C=O) groups is 4. The van der Waals surface area contributed by atoms with Gasteiger partial charge in [0.1, 0.15) is 0 Å². The highest BCUT2D eigenvalue weighted by atomic mass is 32.2. The van der Waals surface area contributed by atoms with E-state index in [-0.39, 0.29) is 50.6 Å². The van der Waals surface area contributed by atoms with E-state index in [9.17, 15) is 48.0 Å². The van der Waals surface area contributed by atoms with Gasteiger partial charge in [-0.05, 0) is 77.0 Å². The van der Waals surface area contributed by atoms with Crippen LogP contribution in [0.5, 0.6) is 0 Å². The van der Waals surface area contributed by atoms with E-state index in [1.807, 2.05) is 0 Å². The van der Waals surface area contributed by atoms with E-state index in [1.165, 1.54) is 0 Å². The SMILES string of the molecule is O=C(O)C1CC(O)CCC1C(=O)NC1CCCC(S(=O)(=O)C2CCCC(NC(=O)C3CCC(O)CC3C(=O)O)C2)C1. The van der Waals surface area contributed by atoms with Gasteiger partial charge in [-0.15, -0.1) is 0 Å². The zero-order chi connectivity index (χ0) is 29.9. The average Bonchev–Trinajstić information content (AvgIpc) is 2.93. The summed E-state index contributed by atoms with van der Waals surface area (Å²) in [6, 6.07) is -0.767. The van der Waals surface area contributed by atoms with Crippen molar-refractivity contribution in [3.63, 3.8) is 0 Å². The first kappa shape index (κ1) is 31.7. The lowest BCUT2D eigenvalue weighted by molar-refractivity contribution is -0.151. The summed E-state index contributed by atoms with van der Waals surface area (Å²) in [5, 5.41) is 43.3. The molecule has 41 heavy (non-hydrogen) atoms. The minimum absolute atomic E-state index is 0.0220. The molecule has 0 radical (unpaired) electrons. The summed E-state index contributed by atoms with van der Waals surface area (Å²) in [6.45, 7) is 0. The Kier molecular flexibility index (Phi) is 10.3. The summed E-state index contributed by atoms with van der Waals surface area (Å²) < 4.78 is 27.5. The van der Waals surface area contributed by atoms with Crippen LogP contribution in [0.2, 0.25) is 0 Å². The Labute approximate surface area is 240 Å². The second kappa shape index (κ2) is 13.4. The number of carboxylic acid groups (broad SMARTS) is 2. The minimum Gasteiger partial charge on any atom is -0.481 e. The first-order chi connectivity index (χ1) is 19.4. The lowest BCUT2D eigenvalue weighted by atomic mass is 9.77. The van der Waals surface area contributed by atoms with Crippen molar-refractivity contribution in [2.24, 2.45) is 23.7 Å². The highest BCUT2D eigenvalue weighted by Gasteiger charge is 2.44. The van der Waals surface area contributed by atoms with Gasteiger partial charge in [-0.2, -0.15) is 0 Å². The van der Waals surface area contributed by atoms with E-state index >= 15 is 0 Å². The Morgan fingerprint density at radius 3 is 1.29 bits per heavy atom. The number of carboxylic acids is 2. The van der Waals surface area contributed by atoms with Crippen LogP contribution in [0.15, 0.2) is 0 Å². The standard InChI is InChI=1S/C28H44N2O10S/c31-17-7-9-21(23(13-17)27(35)36)25(33)29-15-3-1-5-19(11-15)41(39,40)20-6-2-4-16(12-20)30-26(34)22-10-8-18(32)14-24(22)28(37)38/h15-24,31-32H,1-14H2,(H,29,33)(H,30,34)(H,35,36)(H,37,38). The Hall–Kier alpha value is -2.25. The first-order valence-electron chi connectivity index (χ1n) is 15.0. The van der Waals surface area contributed by atoms with Gasteiger partial charge in [0.2, 0.25) is 11.8 Å². The maximum atomic E-state index is 13.7. The van der Waals surface area contributed by atoms with Gasteiger partial charge in [0.25, 0.3) is 0 Å². The Morgan fingerprint density at radius 2 is 0.927 bits per heavy atom. The van der Waals surface area contributed by atoms with E-state index in [0.717, 1.165) is 0 Å². The molecule has 0 aliphatic heterocycles. The zero-order valence-corrected chi connectivity index (χ0v) is 24.1. The van der Waals surface area contributed by atoms with Crippen LogP contribution in [0.4, 0.5) is 0 Å². The van der Waals surface area contributed by atoms with Crippen LogP contribution in [0.3, 0.4) is 0 Å². The molecule has 10 unspecified atom stereocenters. The van der Waals surface area contributed by atoms with Crippen molar-refractivity contribution in [2.75, 3.05) is 0 Å². The monoisotopic (exact) mass is 600 g/mol. The lowest BCUT2D eigenvalue weighted by Gasteiger charge is -2.37. The highest BCUT2D eigenvalue weighted by molar-refractivity contribution is 7.92. The van der Waals surface area contributed by atoms with Crippen molar-refractivity contribution in [3.05, 3.63) is 0 Å². The third kappa shape index (κ3) is 7.59. The zero-order valence-electron chi connectivity index (χ0n) is 23.3. The number of aliphatic hydroxyl groups is 2. The minimum atomic E-state index is -3.59. The first-order valence-corrected chi connectivity index (χ1v) is 16.6. The molecule has 0 aromatic rings. The van der Waals surface area contributed by atoms with Crippen molar-refractivity contribution >= 4 is 33.6 Å². The van der Waals surface area contributed by atoms with Gasteiger partial charge < -0.3 is 31.1 Å². The molecule has 4 aliphatic rings. The molecule has 0 bridgehead atoms. The van der Waals surface area contributed by atoms with E-state index in [4.69, 9.17) is 0 Å². The molecule has 2 amide bonds. The van der Waals surface area contributed by atoms with Crippen molar-refractivity contribution in [3.8, 4) is 0 Å². The number of aliphatic hydroxyl groups excluding tert-OH is 2. The van der Waals surface area contributed by atoms with Crippen LogP contribution in [0, 0.1) is 23.7 Å². The molecule has 0 saturated heterocycles. The van der Waals surface area contributed by atoms with Crippen LogP contribution >= 0.6 is 0 Å². The molecule has 0 aromatic carbocycles. The van der Waals surface area contributed by atoms with Crippen LogP contribution < -0.4 is 10.6 Å². The van der Waals surface area contributed by atoms with Gasteiger partial charge in [0.05, 0.1) is 46.4 Å². The van der Waals surface area contributed by atoms with Gasteiger partial charge in [-0.3, -0.25) is 19.2 Å². The molecule has 4 rings (SSSR count). The van der Waals surface area contributed by atoms with E-state index in [1.54, 1.807) is 0 Å². The van der Waals surface area contributed by atoms with Gasteiger partial charge in [-0.1, -0.05) is 12.8 Å². The van der Waals surface area contributed by atoms with E-state index < -0.39 is 80.0 Å². The Morgan fingerprint density at radius 1 is 0.537 bits per heavy atom. The molecular formula is C28H44N2O10S. The van der Waals surface area contributed by atoms with Gasteiger partial charge >= 0.3 is 11.9 Å². The lowest BCUT2D eigenvalue weighted by Crippen LogP contribution is -2.50. The van der Waals surface area contributed by atoms with Gasteiger partial charge in [-0.25, -0.2) is 8.42 Å². The van der Waals surface area contributed by atoms with Crippen molar-refractivity contribution in [2.45, 2.75) is 125 Å². The number of hydrogen-bond donors (Lipinski definition) is 6. The van der Waals surface area contributed by atoms with Crippen LogP contribution in [0.1, 0.15) is 89.9 Å². The molecule has 4 saturated carbocycles. The van der Waals surface area contributed by atoms with Gasteiger partial charge in [0, 0.05) is 12.1 Å². The number of amides is 2. The Balaban J connectivity index is 1.34. The molecule has 4 aliphatic carbocycles. The Bertz CT molecular complexity index is 1020. The fourth-order valence-electron chi connectivity index (χ4n) is 7.51. The molecular weight excluding hydrogens is 556 g/mol. The van der Waals surface area contributed by atoms with Crippen LogP contribution in [-0.2, 0) is 29.0 Å². The molecule has 4 fully saturated rings. The van der Waals surface area contributed by atoms with Crippen LogP contribution in [-0.4, -0.2) is 87.4 Å². The highest BCUT2D eigenvalue weighted by Crippen LogP contribution is 2.36. The predicted octanol–water partition coefficient (Wildman–Crippen LogP) is 0.980. The maximum Gasteiger partial charge on any atom is 0.307 e. The summed E-state index contributed by atoms with van der Waals surface area (Å²) >= 11 is 0. The molecule has 10 atom stereocenters. The van der Waals surface area contributed by atoms with E-state index in [0.29, 0.717) is 51.4 Å². The quantitative estimate of drug-likeness (QED) is 0.233. The second-order valence-electron chi connectivity index (χ2n) is 12.6. The van der Waals surface area contributed by atoms with Crippen molar-refractivity contribution < 1.29 is 48.0 Å². The third-order valence-electron chi connectivity index (χ3n) is 9.83. The third-order valence-corrected chi connectivity index (χ3v) is 12.5. The smallest absolute Gasteiger partial charge is 0.307 e. The van der Waals surface area contributed by atoms with Crippen LogP contribution in [0.25, 0.3) is 0 Å². The number of nitrogens with one attached hydrogen (secondary N) is 2. The normalized spacial score (nSPS) is 38.4. The molecule has 12 nitrogen and oxygen atoms in total. The number of sulfone groups is 1. The topological polar surface area (TPSA) is 207 Å². The number of hydrogen-bond acceptors (Lipinski definition) is 8. The molecule has 6 N–H and O–H groups in total. The molecule has 232 valence electrons. The summed E-state index contributed by atoms with van der Waals surface area (Å²) in [5.74, 6) is -6.50. The largest absolute Gasteiger partial charge is 0.481 e. The van der Waals surface area contributed by atoms with E-state index in [2.05, 4.69) is 10.6 Å². The summed E-state index contributed by atoms with van der Waals surface area (Å²) in [6.07, 6.45) is 3.65. The van der Waals surface area contributed by atoms with Crippen molar-refractivity contribution in [1.29, 1.82) is 0 Å². The molecule has 13 heteroatoms. The molecule has 0 aromatic heterocycles. The maximum absolute atomic E-state index is 13.7. The predicted molar refractivity (Wildman–Crippen MR) is 146 cm³/mol. The summed E-state index contributed by atoms with van der Waals surface area (Å²) in [5.41, 5.74) is 0.